The SMILES string of the molecule is CN(C)CC(=O)N1CCC(c2ccc(Cl)cc2OCCN2CCCC2)CC1.Cc1ccc(Cl)cc1. The van der Waals surface area contributed by atoms with E-state index in [-0.39, 0.29) is 5.91 Å². The number of amides is 1. The number of likely N-dealkylation sites (N-methyl/N-ethyl adjacent to an activating group) is 1. The molecule has 0 N–H and O–H groups in total. The first-order valence-electron chi connectivity index (χ1n) is 12.6. The van der Waals surface area contributed by atoms with Crippen LogP contribution in [-0.2, 0) is 4.79 Å². The van der Waals surface area contributed by atoms with E-state index in [9.17, 15) is 4.79 Å². The third kappa shape index (κ3) is 9.30. The van der Waals surface area contributed by atoms with Gasteiger partial charge < -0.3 is 14.5 Å². The molecule has 2 saturated heterocycles. The van der Waals surface area contributed by atoms with Gasteiger partial charge in [0.1, 0.15) is 12.4 Å². The van der Waals surface area contributed by atoms with Crippen molar-refractivity contribution in [3.63, 3.8) is 0 Å². The lowest BCUT2D eigenvalue weighted by atomic mass is 9.88. The van der Waals surface area contributed by atoms with Gasteiger partial charge in [-0.1, -0.05) is 47.0 Å². The molecule has 0 atom stereocenters. The molecule has 0 aliphatic carbocycles. The molecule has 2 aliphatic rings. The second-order valence-corrected chi connectivity index (χ2v) is 10.6. The molecule has 192 valence electrons. The topological polar surface area (TPSA) is 36.0 Å². The van der Waals surface area contributed by atoms with Crippen LogP contribution in [0.1, 0.15) is 42.7 Å². The molecule has 2 aromatic carbocycles. The number of nitrogens with zero attached hydrogens (tertiary/aromatic N) is 3. The maximum absolute atomic E-state index is 12.3. The normalized spacial score (nSPS) is 16.8. The predicted octanol–water partition coefficient (Wildman–Crippen LogP) is 5.73. The van der Waals surface area contributed by atoms with Gasteiger partial charge in [0, 0.05) is 29.7 Å². The summed E-state index contributed by atoms with van der Waals surface area (Å²) in [4.78, 5) is 18.6. The van der Waals surface area contributed by atoms with Crippen LogP contribution in [0.2, 0.25) is 10.0 Å². The molecule has 0 spiro atoms. The van der Waals surface area contributed by atoms with Gasteiger partial charge in [-0.05, 0) is 95.5 Å². The summed E-state index contributed by atoms with van der Waals surface area (Å²) < 4.78 is 6.15. The molecule has 0 bridgehead atoms. The zero-order chi connectivity index (χ0) is 25.2. The molecule has 2 aliphatic heterocycles. The van der Waals surface area contributed by atoms with E-state index >= 15 is 0 Å². The van der Waals surface area contributed by atoms with Gasteiger partial charge in [0.05, 0.1) is 6.54 Å². The van der Waals surface area contributed by atoms with Crippen LogP contribution < -0.4 is 4.74 Å². The lowest BCUT2D eigenvalue weighted by Crippen LogP contribution is -2.42. The number of halogens is 2. The molecule has 0 radical (unpaired) electrons. The molecule has 7 heteroatoms. The first kappa shape index (κ1) is 27.8. The van der Waals surface area contributed by atoms with E-state index in [2.05, 4.69) is 11.0 Å². The van der Waals surface area contributed by atoms with Crippen LogP contribution in [0, 0.1) is 6.92 Å². The van der Waals surface area contributed by atoms with Crippen LogP contribution in [0.15, 0.2) is 42.5 Å². The molecule has 0 saturated carbocycles. The Labute approximate surface area is 220 Å². The molecular weight excluding hydrogens is 481 g/mol. The molecule has 2 aromatic rings. The van der Waals surface area contributed by atoms with Gasteiger partial charge in [0.15, 0.2) is 0 Å². The Kier molecular flexibility index (Phi) is 11.2. The minimum atomic E-state index is 0.219. The van der Waals surface area contributed by atoms with Gasteiger partial charge in [-0.15, -0.1) is 0 Å². The van der Waals surface area contributed by atoms with Gasteiger partial charge in [0.2, 0.25) is 5.91 Å². The summed E-state index contributed by atoms with van der Waals surface area (Å²) >= 11 is 11.8. The Hall–Kier alpha value is -1.79. The average molecular weight is 521 g/mol. The summed E-state index contributed by atoms with van der Waals surface area (Å²) in [5, 5.41) is 1.52. The van der Waals surface area contributed by atoms with Crippen LogP contribution in [0.3, 0.4) is 0 Å². The van der Waals surface area contributed by atoms with E-state index in [0.29, 0.717) is 24.1 Å². The first-order chi connectivity index (χ1) is 16.8. The number of likely N-dealkylation sites (tertiary alicyclic amines) is 2. The predicted molar refractivity (Wildman–Crippen MR) is 146 cm³/mol. The summed E-state index contributed by atoms with van der Waals surface area (Å²) in [7, 11) is 3.87. The van der Waals surface area contributed by atoms with E-state index in [1.165, 1.54) is 37.1 Å². The minimum Gasteiger partial charge on any atom is -0.492 e. The summed E-state index contributed by atoms with van der Waals surface area (Å²) in [6, 6.07) is 13.8. The molecule has 1 amide bonds. The highest BCUT2D eigenvalue weighted by Gasteiger charge is 2.26. The van der Waals surface area contributed by atoms with E-state index < -0.39 is 0 Å². The standard InChI is InChI=1S/C21H32ClN3O2.C7H7Cl/c1-23(2)16-21(26)25-11-7-17(8-12-25)19-6-5-18(22)15-20(19)27-14-13-24-9-3-4-10-24;1-6-2-4-7(8)5-3-6/h5-6,15,17H,3-4,7-14,16H2,1-2H3;2-5H,1H3. The summed E-state index contributed by atoms with van der Waals surface area (Å²) in [5.74, 6) is 1.56. The van der Waals surface area contributed by atoms with Gasteiger partial charge in [-0.25, -0.2) is 0 Å². The lowest BCUT2D eigenvalue weighted by molar-refractivity contribution is -0.132. The monoisotopic (exact) mass is 519 g/mol. The first-order valence-corrected chi connectivity index (χ1v) is 13.4. The van der Waals surface area contributed by atoms with Crippen LogP contribution in [0.25, 0.3) is 0 Å². The molecule has 2 fully saturated rings. The number of rotatable bonds is 7. The van der Waals surface area contributed by atoms with E-state index in [1.54, 1.807) is 0 Å². The Balaban J connectivity index is 0.000000363. The minimum absolute atomic E-state index is 0.219. The van der Waals surface area contributed by atoms with Crippen molar-refractivity contribution in [3.8, 4) is 5.75 Å². The van der Waals surface area contributed by atoms with Crippen molar-refractivity contribution >= 4 is 29.1 Å². The Morgan fingerprint density at radius 2 is 1.60 bits per heavy atom. The van der Waals surface area contributed by atoms with Crippen molar-refractivity contribution in [2.75, 3.05) is 60.0 Å². The van der Waals surface area contributed by atoms with Crippen LogP contribution >= 0.6 is 23.2 Å². The number of hydrogen-bond donors (Lipinski definition) is 0. The van der Waals surface area contributed by atoms with Gasteiger partial charge in [0.25, 0.3) is 0 Å². The third-order valence-corrected chi connectivity index (χ3v) is 7.08. The molecular formula is C28H39Cl2N3O2. The molecule has 0 aromatic heterocycles. The maximum Gasteiger partial charge on any atom is 0.236 e. The molecule has 0 unspecified atom stereocenters. The third-order valence-electron chi connectivity index (χ3n) is 6.59. The maximum atomic E-state index is 12.3. The van der Waals surface area contributed by atoms with Crippen molar-refractivity contribution in [2.45, 2.75) is 38.5 Å². The van der Waals surface area contributed by atoms with Gasteiger partial charge in [-0.2, -0.15) is 0 Å². The van der Waals surface area contributed by atoms with Crippen molar-refractivity contribution in [3.05, 3.63) is 63.6 Å². The zero-order valence-electron chi connectivity index (χ0n) is 21.3. The van der Waals surface area contributed by atoms with Gasteiger partial charge in [-0.3, -0.25) is 9.69 Å². The molecule has 4 rings (SSSR count). The highest BCUT2D eigenvalue weighted by Crippen LogP contribution is 2.36. The number of aryl methyl sites for hydroxylation is 1. The highest BCUT2D eigenvalue weighted by atomic mass is 35.5. The van der Waals surface area contributed by atoms with Crippen LogP contribution in [0.4, 0.5) is 0 Å². The molecule has 5 nitrogen and oxygen atoms in total. The fourth-order valence-corrected chi connectivity index (χ4v) is 4.89. The number of piperidine rings is 1. The van der Waals surface area contributed by atoms with Crippen LogP contribution in [-0.4, -0.2) is 80.6 Å². The van der Waals surface area contributed by atoms with Crippen molar-refractivity contribution in [2.24, 2.45) is 0 Å². The van der Waals surface area contributed by atoms with E-state index in [1.807, 2.05) is 67.2 Å². The summed E-state index contributed by atoms with van der Waals surface area (Å²) in [5.41, 5.74) is 2.48. The highest BCUT2D eigenvalue weighted by molar-refractivity contribution is 6.30. The second kappa shape index (κ2) is 14.1. The van der Waals surface area contributed by atoms with Crippen molar-refractivity contribution < 1.29 is 9.53 Å². The fourth-order valence-electron chi connectivity index (χ4n) is 4.61. The summed E-state index contributed by atoms with van der Waals surface area (Å²) in [6.07, 6.45) is 4.55. The lowest BCUT2D eigenvalue weighted by Gasteiger charge is -2.33. The molecule has 35 heavy (non-hydrogen) atoms. The van der Waals surface area contributed by atoms with Crippen molar-refractivity contribution in [1.82, 2.24) is 14.7 Å². The Bertz CT molecular complexity index is 901. The van der Waals surface area contributed by atoms with Gasteiger partial charge >= 0.3 is 0 Å². The summed E-state index contributed by atoms with van der Waals surface area (Å²) in [6.45, 7) is 8.19. The van der Waals surface area contributed by atoms with E-state index in [0.717, 1.165) is 43.2 Å². The smallest absolute Gasteiger partial charge is 0.236 e. The number of ether oxygens (including phenoxy) is 1. The number of benzene rings is 2. The van der Waals surface area contributed by atoms with Crippen molar-refractivity contribution in [1.29, 1.82) is 0 Å². The van der Waals surface area contributed by atoms with Crippen LogP contribution in [0.5, 0.6) is 5.75 Å². The number of carbonyl (C=O) groups is 1. The molecule has 2 heterocycles. The number of carbonyl (C=O) groups excluding carboxylic acids is 1. The largest absolute Gasteiger partial charge is 0.492 e. The Morgan fingerprint density at radius 3 is 2.20 bits per heavy atom. The fraction of sp³-hybridized carbons (Fsp3) is 0.536. The zero-order valence-corrected chi connectivity index (χ0v) is 22.8. The second-order valence-electron chi connectivity index (χ2n) is 9.77. The Morgan fingerprint density at radius 1 is 0.971 bits per heavy atom. The number of hydrogen-bond acceptors (Lipinski definition) is 4. The van der Waals surface area contributed by atoms with E-state index in [4.69, 9.17) is 27.9 Å². The average Bonchev–Trinajstić information content (AvgIpc) is 3.35. The quantitative estimate of drug-likeness (QED) is 0.467.